The zero-order chi connectivity index (χ0) is 11.4. The molecule has 0 saturated heterocycles. The number of hydrogen-bond acceptors (Lipinski definition) is 2. The van der Waals surface area contributed by atoms with E-state index in [9.17, 15) is 4.79 Å². The number of rotatable bonds is 6. The first-order chi connectivity index (χ1) is 6.31. The van der Waals surface area contributed by atoms with Crippen LogP contribution in [0, 0.1) is 5.41 Å². The molecular formula is C12H25NO. The second kappa shape index (κ2) is 5.50. The number of carbonyl (C=O) groups is 1. The van der Waals surface area contributed by atoms with Gasteiger partial charge in [0.05, 0.1) is 0 Å². The van der Waals surface area contributed by atoms with Gasteiger partial charge in [0.2, 0.25) is 0 Å². The number of carbonyl (C=O) groups excluding carboxylic acids is 1. The van der Waals surface area contributed by atoms with E-state index in [0.29, 0.717) is 6.04 Å². The van der Waals surface area contributed by atoms with E-state index in [0.717, 1.165) is 19.5 Å². The van der Waals surface area contributed by atoms with Crippen LogP contribution in [0.4, 0.5) is 0 Å². The van der Waals surface area contributed by atoms with Crippen molar-refractivity contribution in [3.63, 3.8) is 0 Å². The molecule has 0 rings (SSSR count). The Morgan fingerprint density at radius 2 is 1.86 bits per heavy atom. The lowest BCUT2D eigenvalue weighted by Gasteiger charge is -2.33. The molecule has 0 aromatic rings. The maximum Gasteiger partial charge on any atom is 0.136 e. The molecule has 0 radical (unpaired) electrons. The van der Waals surface area contributed by atoms with E-state index in [1.165, 1.54) is 0 Å². The molecule has 0 saturated carbocycles. The molecule has 0 heterocycles. The van der Waals surface area contributed by atoms with Crippen LogP contribution in [-0.2, 0) is 4.79 Å². The summed E-state index contributed by atoms with van der Waals surface area (Å²) in [5.74, 6) is 0.277. The minimum atomic E-state index is -0.209. The van der Waals surface area contributed by atoms with Crippen LogP contribution in [0.5, 0.6) is 0 Å². The number of Topliss-reactive ketones (excluding diaryl/α,β-unsaturated/α-hetero) is 1. The average Bonchev–Trinajstić information content (AvgIpc) is 2.02. The Hall–Kier alpha value is -0.370. The molecule has 0 amide bonds. The third-order valence-corrected chi connectivity index (χ3v) is 2.79. The highest BCUT2D eigenvalue weighted by atomic mass is 16.1. The van der Waals surface area contributed by atoms with Crippen molar-refractivity contribution in [2.45, 2.75) is 54.0 Å². The van der Waals surface area contributed by atoms with Crippen LogP contribution in [0.3, 0.4) is 0 Å². The van der Waals surface area contributed by atoms with E-state index < -0.39 is 0 Å². The molecule has 2 heteroatoms. The predicted octanol–water partition coefficient (Wildman–Crippen LogP) is 2.72. The second-order valence-electron chi connectivity index (χ2n) is 5.00. The molecule has 0 N–H and O–H groups in total. The van der Waals surface area contributed by atoms with Crippen molar-refractivity contribution in [3.05, 3.63) is 0 Å². The fraction of sp³-hybridized carbons (Fsp3) is 0.917. The summed E-state index contributed by atoms with van der Waals surface area (Å²) in [6, 6.07) is 0.522. The Balaban J connectivity index is 4.35. The largest absolute Gasteiger partial charge is 0.300 e. The smallest absolute Gasteiger partial charge is 0.136 e. The van der Waals surface area contributed by atoms with Crippen LogP contribution >= 0.6 is 0 Å². The third kappa shape index (κ3) is 4.23. The molecule has 84 valence electrons. The molecule has 0 aliphatic heterocycles. The van der Waals surface area contributed by atoms with E-state index in [2.05, 4.69) is 25.7 Å². The van der Waals surface area contributed by atoms with Gasteiger partial charge in [-0.3, -0.25) is 9.69 Å². The van der Waals surface area contributed by atoms with Crippen molar-refractivity contribution >= 4 is 5.78 Å². The van der Waals surface area contributed by atoms with Gasteiger partial charge in [-0.2, -0.15) is 0 Å². The standard InChI is InChI=1S/C12H25NO/c1-7-8-13(10(2)3)9-12(5,6)11(4)14/h10H,7-9H2,1-6H3. The van der Waals surface area contributed by atoms with E-state index in [1.54, 1.807) is 6.92 Å². The Morgan fingerprint density at radius 3 is 2.14 bits per heavy atom. The van der Waals surface area contributed by atoms with Crippen LogP contribution in [0.2, 0.25) is 0 Å². The van der Waals surface area contributed by atoms with Gasteiger partial charge in [-0.1, -0.05) is 20.8 Å². The molecule has 2 nitrogen and oxygen atoms in total. The van der Waals surface area contributed by atoms with Gasteiger partial charge >= 0.3 is 0 Å². The van der Waals surface area contributed by atoms with Gasteiger partial charge < -0.3 is 0 Å². The summed E-state index contributed by atoms with van der Waals surface area (Å²) in [5.41, 5.74) is -0.209. The first-order valence-electron chi connectivity index (χ1n) is 5.56. The monoisotopic (exact) mass is 199 g/mol. The van der Waals surface area contributed by atoms with E-state index in [1.807, 2.05) is 13.8 Å². The molecule has 0 aliphatic carbocycles. The van der Waals surface area contributed by atoms with Crippen LogP contribution in [0.25, 0.3) is 0 Å². The van der Waals surface area contributed by atoms with Crippen molar-refractivity contribution in [2.24, 2.45) is 5.41 Å². The molecule has 0 spiro atoms. The maximum absolute atomic E-state index is 11.4. The Kier molecular flexibility index (Phi) is 5.35. The maximum atomic E-state index is 11.4. The Morgan fingerprint density at radius 1 is 1.36 bits per heavy atom. The zero-order valence-corrected chi connectivity index (χ0v) is 10.6. The zero-order valence-electron chi connectivity index (χ0n) is 10.6. The SMILES string of the molecule is CCCN(CC(C)(C)C(C)=O)C(C)C. The van der Waals surface area contributed by atoms with Gasteiger partial charge in [-0.25, -0.2) is 0 Å². The highest BCUT2D eigenvalue weighted by Gasteiger charge is 2.27. The molecule has 0 aromatic heterocycles. The van der Waals surface area contributed by atoms with E-state index in [4.69, 9.17) is 0 Å². The molecule has 0 unspecified atom stereocenters. The minimum absolute atomic E-state index is 0.209. The van der Waals surface area contributed by atoms with Crippen LogP contribution < -0.4 is 0 Å². The number of nitrogens with zero attached hydrogens (tertiary/aromatic N) is 1. The molecule has 14 heavy (non-hydrogen) atoms. The molecule has 0 bridgehead atoms. The van der Waals surface area contributed by atoms with E-state index in [-0.39, 0.29) is 11.2 Å². The quantitative estimate of drug-likeness (QED) is 0.655. The summed E-state index contributed by atoms with van der Waals surface area (Å²) < 4.78 is 0. The Bertz CT molecular complexity index is 185. The summed E-state index contributed by atoms with van der Waals surface area (Å²) >= 11 is 0. The fourth-order valence-corrected chi connectivity index (χ4v) is 1.43. The van der Waals surface area contributed by atoms with Gasteiger partial charge in [0, 0.05) is 18.0 Å². The average molecular weight is 199 g/mol. The number of ketones is 1. The molecule has 0 aliphatic rings. The second-order valence-corrected chi connectivity index (χ2v) is 5.00. The van der Waals surface area contributed by atoms with Gasteiger partial charge in [-0.05, 0) is 33.7 Å². The van der Waals surface area contributed by atoms with Crippen molar-refractivity contribution in [3.8, 4) is 0 Å². The van der Waals surface area contributed by atoms with Crippen molar-refractivity contribution in [1.82, 2.24) is 4.90 Å². The summed E-state index contributed by atoms with van der Waals surface area (Å²) in [4.78, 5) is 13.8. The van der Waals surface area contributed by atoms with Crippen molar-refractivity contribution in [1.29, 1.82) is 0 Å². The summed E-state index contributed by atoms with van der Waals surface area (Å²) in [5, 5.41) is 0. The first-order valence-corrected chi connectivity index (χ1v) is 5.56. The lowest BCUT2D eigenvalue weighted by Crippen LogP contribution is -2.42. The number of hydrogen-bond donors (Lipinski definition) is 0. The fourth-order valence-electron chi connectivity index (χ4n) is 1.43. The molecule has 0 aromatic carbocycles. The summed E-state index contributed by atoms with van der Waals surface area (Å²) in [6.45, 7) is 14.2. The van der Waals surface area contributed by atoms with Gasteiger partial charge in [0.1, 0.15) is 5.78 Å². The normalized spacial score (nSPS) is 12.6. The van der Waals surface area contributed by atoms with Crippen LogP contribution in [0.15, 0.2) is 0 Å². The first kappa shape index (κ1) is 13.6. The van der Waals surface area contributed by atoms with Gasteiger partial charge in [-0.15, -0.1) is 0 Å². The Labute approximate surface area is 88.7 Å². The topological polar surface area (TPSA) is 20.3 Å². The van der Waals surface area contributed by atoms with Crippen molar-refractivity contribution in [2.75, 3.05) is 13.1 Å². The lowest BCUT2D eigenvalue weighted by molar-refractivity contribution is -0.126. The highest BCUT2D eigenvalue weighted by Crippen LogP contribution is 2.19. The summed E-state index contributed by atoms with van der Waals surface area (Å²) in [6.07, 6.45) is 1.15. The molecule has 0 atom stereocenters. The van der Waals surface area contributed by atoms with Crippen molar-refractivity contribution < 1.29 is 4.79 Å². The van der Waals surface area contributed by atoms with E-state index >= 15 is 0 Å². The third-order valence-electron chi connectivity index (χ3n) is 2.79. The van der Waals surface area contributed by atoms with Crippen LogP contribution in [0.1, 0.15) is 48.0 Å². The summed E-state index contributed by atoms with van der Waals surface area (Å²) in [7, 11) is 0. The predicted molar refractivity (Wildman–Crippen MR) is 61.5 cm³/mol. The molecule has 0 fully saturated rings. The van der Waals surface area contributed by atoms with Crippen LogP contribution in [-0.4, -0.2) is 29.8 Å². The van der Waals surface area contributed by atoms with Gasteiger partial charge in [0.15, 0.2) is 0 Å². The van der Waals surface area contributed by atoms with Gasteiger partial charge in [0.25, 0.3) is 0 Å². The highest BCUT2D eigenvalue weighted by molar-refractivity contribution is 5.81. The molecular weight excluding hydrogens is 174 g/mol. The minimum Gasteiger partial charge on any atom is -0.300 e. The lowest BCUT2D eigenvalue weighted by atomic mass is 9.88.